The summed E-state index contributed by atoms with van der Waals surface area (Å²) < 4.78 is 4.98. The van der Waals surface area contributed by atoms with E-state index in [2.05, 4.69) is 4.89 Å². The van der Waals surface area contributed by atoms with Gasteiger partial charge in [-0.05, 0) is 12.8 Å². The van der Waals surface area contributed by atoms with Crippen LogP contribution in [0, 0.1) is 0 Å². The van der Waals surface area contributed by atoms with Crippen molar-refractivity contribution in [1.29, 1.82) is 0 Å². The number of hydrogen-bond donors (Lipinski definition) is 2. The third kappa shape index (κ3) is 7.84. The Morgan fingerprint density at radius 2 is 1.80 bits per heavy atom. The van der Waals surface area contributed by atoms with Crippen molar-refractivity contribution in [3.8, 4) is 0 Å². The molecule has 0 rings (SSSR count). The average Bonchev–Trinajstić information content (AvgIpc) is 1.97. The van der Waals surface area contributed by atoms with Gasteiger partial charge in [0.1, 0.15) is 6.61 Å². The van der Waals surface area contributed by atoms with E-state index >= 15 is 0 Å². The number of rotatable bonds is 7. The van der Waals surface area contributed by atoms with Crippen LogP contribution in [0.1, 0.15) is 12.8 Å². The van der Waals surface area contributed by atoms with E-state index in [4.69, 9.17) is 15.1 Å². The first-order chi connectivity index (χ1) is 4.91. The van der Waals surface area contributed by atoms with E-state index in [0.29, 0.717) is 13.2 Å². The molecular weight excluding hydrogens is 136 g/mol. The van der Waals surface area contributed by atoms with Gasteiger partial charge in [-0.15, -0.1) is 0 Å². The van der Waals surface area contributed by atoms with Gasteiger partial charge < -0.3 is 9.84 Å². The summed E-state index contributed by atoms with van der Waals surface area (Å²) in [6.45, 7) is 1.44. The zero-order valence-electron chi connectivity index (χ0n) is 5.95. The Morgan fingerprint density at radius 3 is 2.40 bits per heavy atom. The summed E-state index contributed by atoms with van der Waals surface area (Å²) in [6.07, 6.45) is 1.61. The van der Waals surface area contributed by atoms with Gasteiger partial charge in [0.25, 0.3) is 0 Å². The fraction of sp³-hybridized carbons (Fsp3) is 1.00. The van der Waals surface area contributed by atoms with Crippen LogP contribution in [-0.2, 0) is 9.62 Å². The highest BCUT2D eigenvalue weighted by atomic mass is 17.1. The Kier molecular flexibility index (Phi) is 8.70. The van der Waals surface area contributed by atoms with Crippen LogP contribution in [0.5, 0.6) is 0 Å². The van der Waals surface area contributed by atoms with Crippen LogP contribution in [0.25, 0.3) is 0 Å². The molecule has 0 atom stereocenters. The van der Waals surface area contributed by atoms with Gasteiger partial charge in [0.15, 0.2) is 0 Å². The van der Waals surface area contributed by atoms with Crippen molar-refractivity contribution in [3.63, 3.8) is 0 Å². The van der Waals surface area contributed by atoms with Crippen LogP contribution in [0.3, 0.4) is 0 Å². The van der Waals surface area contributed by atoms with Gasteiger partial charge in [-0.25, -0.2) is 4.89 Å². The molecule has 0 bridgehead atoms. The molecule has 10 heavy (non-hydrogen) atoms. The topological polar surface area (TPSA) is 58.9 Å². The number of unbranched alkanes of at least 4 members (excludes halogenated alkanes) is 1. The van der Waals surface area contributed by atoms with E-state index in [1.54, 1.807) is 0 Å². The van der Waals surface area contributed by atoms with E-state index in [1.165, 1.54) is 0 Å². The fourth-order valence-corrected chi connectivity index (χ4v) is 0.514. The molecule has 0 radical (unpaired) electrons. The van der Waals surface area contributed by atoms with Crippen molar-refractivity contribution in [1.82, 2.24) is 0 Å². The maximum absolute atomic E-state index is 8.35. The monoisotopic (exact) mass is 150 g/mol. The molecule has 4 heteroatoms. The molecule has 0 aliphatic carbocycles. The first kappa shape index (κ1) is 9.84. The summed E-state index contributed by atoms with van der Waals surface area (Å²) in [4.78, 5) is 3.77. The maximum atomic E-state index is 8.35. The Morgan fingerprint density at radius 1 is 1.00 bits per heavy atom. The Hall–Kier alpha value is -0.160. The molecule has 0 saturated carbocycles. The lowest BCUT2D eigenvalue weighted by atomic mass is 10.3. The predicted molar refractivity (Wildman–Crippen MR) is 35.7 cm³/mol. The fourth-order valence-electron chi connectivity index (χ4n) is 0.514. The minimum Gasteiger partial charge on any atom is -0.396 e. The molecule has 0 fully saturated rings. The van der Waals surface area contributed by atoms with Gasteiger partial charge in [0, 0.05) is 13.2 Å². The number of aliphatic hydroxyl groups is 1. The maximum Gasteiger partial charge on any atom is 0.105 e. The van der Waals surface area contributed by atoms with Crippen molar-refractivity contribution in [2.75, 3.05) is 26.4 Å². The van der Waals surface area contributed by atoms with Gasteiger partial charge in [0.2, 0.25) is 0 Å². The average molecular weight is 150 g/mol. The first-order valence-electron chi connectivity index (χ1n) is 3.36. The third-order valence-corrected chi connectivity index (χ3v) is 1.02. The third-order valence-electron chi connectivity index (χ3n) is 1.02. The van der Waals surface area contributed by atoms with Crippen molar-refractivity contribution in [2.45, 2.75) is 12.8 Å². The zero-order chi connectivity index (χ0) is 7.66. The van der Waals surface area contributed by atoms with Crippen LogP contribution in [-0.4, -0.2) is 36.8 Å². The molecule has 0 saturated heterocycles. The summed E-state index contributed by atoms with van der Waals surface area (Å²) in [5, 5.41) is 16.2. The molecule has 0 aliphatic rings. The summed E-state index contributed by atoms with van der Waals surface area (Å²) in [5.41, 5.74) is 0. The molecule has 0 aliphatic heterocycles. The summed E-state index contributed by atoms with van der Waals surface area (Å²) in [7, 11) is 0. The number of hydrogen-bond acceptors (Lipinski definition) is 4. The second kappa shape index (κ2) is 8.84. The molecule has 0 unspecified atom stereocenters. The van der Waals surface area contributed by atoms with Gasteiger partial charge in [-0.1, -0.05) is 0 Å². The van der Waals surface area contributed by atoms with Crippen LogP contribution in [0.4, 0.5) is 0 Å². The standard InChI is InChI=1S/C6H14O4/c7-3-1-2-4-9-5-6-10-8/h7-8H,1-6H2. The minimum atomic E-state index is 0.207. The first-order valence-corrected chi connectivity index (χ1v) is 3.36. The molecule has 0 spiro atoms. The molecule has 2 N–H and O–H groups in total. The smallest absolute Gasteiger partial charge is 0.105 e. The lowest BCUT2D eigenvalue weighted by molar-refractivity contribution is -0.249. The minimum absolute atomic E-state index is 0.207. The van der Waals surface area contributed by atoms with E-state index in [-0.39, 0.29) is 13.2 Å². The number of ether oxygens (including phenoxy) is 1. The lowest BCUT2D eigenvalue weighted by Gasteiger charge is -2.00. The van der Waals surface area contributed by atoms with Crippen molar-refractivity contribution < 1.29 is 20.0 Å². The summed E-state index contributed by atoms with van der Waals surface area (Å²) in [6, 6.07) is 0. The second-order valence-corrected chi connectivity index (χ2v) is 1.88. The lowest BCUT2D eigenvalue weighted by Crippen LogP contribution is -2.03. The predicted octanol–water partition coefficient (Wildman–Crippen LogP) is 0.265. The van der Waals surface area contributed by atoms with E-state index < -0.39 is 0 Å². The molecule has 0 amide bonds. The molecular formula is C6H14O4. The normalized spacial score (nSPS) is 10.2. The highest BCUT2D eigenvalue weighted by molar-refractivity contribution is 4.35. The van der Waals surface area contributed by atoms with Gasteiger partial charge >= 0.3 is 0 Å². The van der Waals surface area contributed by atoms with Gasteiger partial charge in [-0.2, -0.15) is 0 Å². The van der Waals surface area contributed by atoms with Crippen molar-refractivity contribution >= 4 is 0 Å². The Labute approximate surface area is 60.3 Å². The van der Waals surface area contributed by atoms with Crippen molar-refractivity contribution in [3.05, 3.63) is 0 Å². The second-order valence-electron chi connectivity index (χ2n) is 1.88. The Bertz CT molecular complexity index is 49.7. The quantitative estimate of drug-likeness (QED) is 0.310. The van der Waals surface area contributed by atoms with Crippen LogP contribution < -0.4 is 0 Å². The summed E-state index contributed by atoms with van der Waals surface area (Å²) >= 11 is 0. The van der Waals surface area contributed by atoms with E-state index in [0.717, 1.165) is 12.8 Å². The molecule has 0 heterocycles. The molecule has 0 aromatic rings. The van der Waals surface area contributed by atoms with Crippen LogP contribution >= 0.6 is 0 Å². The zero-order valence-corrected chi connectivity index (χ0v) is 5.95. The Balaban J connectivity index is 2.65. The molecule has 62 valence electrons. The summed E-state index contributed by atoms with van der Waals surface area (Å²) in [5.74, 6) is 0. The van der Waals surface area contributed by atoms with E-state index in [9.17, 15) is 0 Å². The van der Waals surface area contributed by atoms with Crippen LogP contribution in [0.2, 0.25) is 0 Å². The highest BCUT2D eigenvalue weighted by Gasteiger charge is 1.87. The van der Waals surface area contributed by atoms with E-state index in [1.807, 2.05) is 0 Å². The molecule has 4 nitrogen and oxygen atoms in total. The molecule has 0 aromatic carbocycles. The SMILES string of the molecule is OCCCCOCCOO. The van der Waals surface area contributed by atoms with Crippen LogP contribution in [0.15, 0.2) is 0 Å². The number of aliphatic hydroxyl groups excluding tert-OH is 1. The molecule has 0 aromatic heterocycles. The van der Waals surface area contributed by atoms with Crippen molar-refractivity contribution in [2.24, 2.45) is 0 Å². The van der Waals surface area contributed by atoms with Gasteiger partial charge in [-0.3, -0.25) is 5.26 Å². The van der Waals surface area contributed by atoms with Gasteiger partial charge in [0.05, 0.1) is 6.61 Å². The largest absolute Gasteiger partial charge is 0.396 e. The highest BCUT2D eigenvalue weighted by Crippen LogP contribution is 1.87.